The van der Waals surface area contributed by atoms with Gasteiger partial charge in [0.05, 0.1) is 0 Å². The molecule has 1 aliphatic rings. The summed E-state index contributed by atoms with van der Waals surface area (Å²) in [5, 5.41) is 0. The Kier molecular flexibility index (Phi) is 6.28. The summed E-state index contributed by atoms with van der Waals surface area (Å²) in [4.78, 5) is 4.38. The molecule has 0 spiro atoms. The molecule has 5 aromatic carbocycles. The van der Waals surface area contributed by atoms with Crippen molar-refractivity contribution in [3.05, 3.63) is 126 Å². The third-order valence-electron chi connectivity index (χ3n) is 7.73. The lowest BCUT2D eigenvalue weighted by Gasteiger charge is -2.26. The van der Waals surface area contributed by atoms with E-state index in [0.29, 0.717) is 5.92 Å². The van der Waals surface area contributed by atoms with Crippen LogP contribution in [0.3, 0.4) is 0 Å². The second kappa shape index (κ2) is 9.64. The summed E-state index contributed by atoms with van der Waals surface area (Å²) in [7, 11) is -0.561. The fourth-order valence-electron chi connectivity index (χ4n) is 5.75. The molecule has 1 unspecified atom stereocenters. The maximum absolute atomic E-state index is 2.43. The quantitative estimate of drug-likeness (QED) is 0.223. The van der Waals surface area contributed by atoms with E-state index in [1.54, 1.807) is 0 Å². The zero-order valence-electron chi connectivity index (χ0n) is 23.0. The Morgan fingerprint density at radius 1 is 0.553 bits per heavy atom. The van der Waals surface area contributed by atoms with E-state index in [-0.39, 0.29) is 5.41 Å². The maximum Gasteiger partial charge on any atom is 0.00345 e. The smallest absolute Gasteiger partial charge is 0.00345 e. The van der Waals surface area contributed by atoms with E-state index in [4.69, 9.17) is 0 Å². The number of benzene rings is 5. The van der Waals surface area contributed by atoms with Gasteiger partial charge in [-0.3, -0.25) is 0 Å². The van der Waals surface area contributed by atoms with Gasteiger partial charge in [0.15, 0.2) is 0 Å². The Balaban J connectivity index is 1.46. The van der Waals surface area contributed by atoms with E-state index in [2.05, 4.69) is 150 Å². The molecule has 1 heterocycles. The highest BCUT2D eigenvalue weighted by Crippen LogP contribution is 2.62. The van der Waals surface area contributed by atoms with E-state index in [1.807, 2.05) is 0 Å². The minimum atomic E-state index is -0.561. The molecule has 0 radical (unpaired) electrons. The zero-order valence-corrected chi connectivity index (χ0v) is 23.9. The van der Waals surface area contributed by atoms with Crippen LogP contribution in [0.5, 0.6) is 0 Å². The van der Waals surface area contributed by atoms with Gasteiger partial charge in [0, 0.05) is 9.79 Å². The summed E-state index contributed by atoms with van der Waals surface area (Å²) >= 11 is 0. The van der Waals surface area contributed by atoms with Crippen molar-refractivity contribution < 1.29 is 0 Å². The topological polar surface area (TPSA) is 0 Å². The molecule has 0 N–H and O–H groups in total. The lowest BCUT2D eigenvalue weighted by molar-refractivity contribution is 0.592. The van der Waals surface area contributed by atoms with Crippen LogP contribution in [-0.4, -0.2) is 0 Å². The van der Waals surface area contributed by atoms with Gasteiger partial charge < -0.3 is 0 Å². The molecule has 1 heteroatoms. The summed E-state index contributed by atoms with van der Waals surface area (Å²) in [5.41, 5.74) is 10.9. The molecule has 38 heavy (non-hydrogen) atoms. The summed E-state index contributed by atoms with van der Waals surface area (Å²) in [6.07, 6.45) is 0. The molecule has 6 rings (SSSR count). The number of rotatable bonds is 4. The summed E-state index contributed by atoms with van der Waals surface area (Å²) in [6, 6.07) is 43.3. The van der Waals surface area contributed by atoms with E-state index in [0.717, 1.165) is 0 Å². The summed E-state index contributed by atoms with van der Waals surface area (Å²) < 4.78 is 0. The Morgan fingerprint density at radius 2 is 1.21 bits per heavy atom. The number of fused-ring (bicyclic) bond motifs is 3. The fraction of sp³-hybridized carbons (Fsp3) is 0.189. The number of hydrogen-bond donors (Lipinski definition) is 1. The summed E-state index contributed by atoms with van der Waals surface area (Å²) in [5.74, 6) is 0.529. The van der Waals surface area contributed by atoms with Crippen LogP contribution < -0.4 is 0 Å². The van der Waals surface area contributed by atoms with E-state index in [1.165, 1.54) is 59.2 Å². The molecule has 0 saturated heterocycles. The first-order valence-electron chi connectivity index (χ1n) is 13.7. The van der Waals surface area contributed by atoms with Crippen LogP contribution in [0.4, 0.5) is 0 Å². The standard InChI is InChI=1S/C37H36S/c1-25(2)28-20-23-35-32(24-28)31-14-9-10-17-34(31)38(35)29-21-18-26(19-22-29)30-15-11-16-33(37(3,4)5)36(30)27-12-7-6-8-13-27/h6-25,38H,1-5H3. The minimum absolute atomic E-state index is 0.0520. The molecule has 0 aromatic heterocycles. The van der Waals surface area contributed by atoms with E-state index >= 15 is 0 Å². The van der Waals surface area contributed by atoms with Gasteiger partial charge >= 0.3 is 0 Å². The predicted molar refractivity (Wildman–Crippen MR) is 166 cm³/mol. The SMILES string of the molecule is CC(C)c1ccc2c(c1)-c1ccccc1[SH]2c1ccc(-c2cccc(C(C)(C)C)c2-c2ccccc2)cc1. The fourth-order valence-corrected chi connectivity index (χ4v) is 8.34. The van der Waals surface area contributed by atoms with Crippen LogP contribution >= 0.6 is 10.9 Å². The van der Waals surface area contributed by atoms with Gasteiger partial charge in [-0.05, 0) is 91.1 Å². The predicted octanol–water partition coefficient (Wildman–Crippen LogP) is 10.9. The van der Waals surface area contributed by atoms with E-state index in [9.17, 15) is 0 Å². The van der Waals surface area contributed by atoms with Crippen molar-refractivity contribution in [2.75, 3.05) is 0 Å². The number of hydrogen-bond acceptors (Lipinski definition) is 0. The molecular formula is C37H36S. The molecule has 0 saturated carbocycles. The largest absolute Gasteiger partial charge is 0.172 e. The van der Waals surface area contributed by atoms with Crippen molar-refractivity contribution >= 4 is 10.9 Å². The Hall–Kier alpha value is -3.55. The summed E-state index contributed by atoms with van der Waals surface area (Å²) in [6.45, 7) is 11.5. The van der Waals surface area contributed by atoms with Gasteiger partial charge in [-0.2, -0.15) is 10.9 Å². The lowest BCUT2D eigenvalue weighted by Crippen LogP contribution is -2.13. The normalized spacial score (nSPS) is 15.4. The second-order valence-corrected chi connectivity index (χ2v) is 13.8. The van der Waals surface area contributed by atoms with Gasteiger partial charge in [0.25, 0.3) is 0 Å². The molecule has 5 aromatic rings. The van der Waals surface area contributed by atoms with Gasteiger partial charge in [-0.15, -0.1) is 0 Å². The van der Waals surface area contributed by atoms with Crippen LogP contribution in [0.1, 0.15) is 51.7 Å². The molecule has 0 bridgehead atoms. The van der Waals surface area contributed by atoms with Crippen molar-refractivity contribution in [1.82, 2.24) is 0 Å². The van der Waals surface area contributed by atoms with Gasteiger partial charge in [-0.1, -0.05) is 120 Å². The van der Waals surface area contributed by atoms with Crippen LogP contribution in [0.25, 0.3) is 33.4 Å². The van der Waals surface area contributed by atoms with E-state index < -0.39 is 10.9 Å². The van der Waals surface area contributed by atoms with Crippen molar-refractivity contribution in [3.8, 4) is 33.4 Å². The van der Waals surface area contributed by atoms with Crippen molar-refractivity contribution in [3.63, 3.8) is 0 Å². The molecule has 0 fully saturated rings. The first-order chi connectivity index (χ1) is 18.3. The van der Waals surface area contributed by atoms with Crippen molar-refractivity contribution in [2.45, 2.75) is 60.6 Å². The Bertz CT molecular complexity index is 1600. The van der Waals surface area contributed by atoms with Gasteiger partial charge in [0.2, 0.25) is 0 Å². The van der Waals surface area contributed by atoms with Gasteiger partial charge in [0.1, 0.15) is 0 Å². The average molecular weight is 513 g/mol. The minimum Gasteiger partial charge on any atom is -0.172 e. The lowest BCUT2D eigenvalue weighted by atomic mass is 9.79. The monoisotopic (exact) mass is 512 g/mol. The van der Waals surface area contributed by atoms with Crippen LogP contribution in [0.2, 0.25) is 0 Å². The first kappa shape index (κ1) is 24.8. The second-order valence-electron chi connectivity index (χ2n) is 11.7. The third-order valence-corrected chi connectivity index (χ3v) is 10.3. The number of thiol groups is 1. The highest BCUT2D eigenvalue weighted by atomic mass is 32.2. The molecule has 0 aliphatic carbocycles. The van der Waals surface area contributed by atoms with Gasteiger partial charge in [-0.25, -0.2) is 0 Å². The highest BCUT2D eigenvalue weighted by Gasteiger charge is 2.28. The first-order valence-corrected chi connectivity index (χ1v) is 15.0. The average Bonchev–Trinajstić information content (AvgIpc) is 3.26. The molecule has 190 valence electrons. The Labute approximate surface area is 230 Å². The van der Waals surface area contributed by atoms with Crippen molar-refractivity contribution in [1.29, 1.82) is 0 Å². The molecule has 1 atom stereocenters. The maximum atomic E-state index is 2.43. The van der Waals surface area contributed by atoms with Crippen LogP contribution in [0.15, 0.2) is 130 Å². The molecule has 0 amide bonds. The zero-order chi connectivity index (χ0) is 26.4. The molecule has 0 nitrogen and oxygen atoms in total. The molecular weight excluding hydrogens is 476 g/mol. The van der Waals surface area contributed by atoms with Crippen molar-refractivity contribution in [2.24, 2.45) is 0 Å². The molecule has 1 aliphatic heterocycles. The third kappa shape index (κ3) is 4.29. The van der Waals surface area contributed by atoms with Crippen LogP contribution in [-0.2, 0) is 5.41 Å². The highest BCUT2D eigenvalue weighted by molar-refractivity contribution is 8.17. The Morgan fingerprint density at radius 3 is 1.92 bits per heavy atom. The van der Waals surface area contributed by atoms with Crippen LogP contribution in [0, 0.1) is 0 Å².